The van der Waals surface area contributed by atoms with Gasteiger partial charge in [-0.3, -0.25) is 4.79 Å². The summed E-state index contributed by atoms with van der Waals surface area (Å²) in [7, 11) is 0. The van der Waals surface area contributed by atoms with E-state index in [1.807, 2.05) is 6.33 Å². The van der Waals surface area contributed by atoms with Crippen LogP contribution in [0, 0.1) is 0 Å². The number of nitrogens with zero attached hydrogens (tertiary/aromatic N) is 2. The molecule has 1 heterocycles. The Morgan fingerprint density at radius 1 is 1.44 bits per heavy atom. The molecule has 1 fully saturated rings. The lowest BCUT2D eigenvalue weighted by molar-refractivity contribution is -0.137. The van der Waals surface area contributed by atoms with E-state index in [1.54, 1.807) is 6.20 Å². The van der Waals surface area contributed by atoms with E-state index in [-0.39, 0.29) is 6.42 Å². The molecule has 0 unspecified atom stereocenters. The number of aromatic nitrogens is 2. The second-order valence-electron chi connectivity index (χ2n) is 4.48. The highest BCUT2D eigenvalue weighted by Crippen LogP contribution is 2.29. The molecule has 88 valence electrons. The van der Waals surface area contributed by atoms with E-state index in [0.717, 1.165) is 5.69 Å². The van der Waals surface area contributed by atoms with Crippen LogP contribution in [0.2, 0.25) is 0 Å². The third kappa shape index (κ3) is 2.62. The van der Waals surface area contributed by atoms with E-state index < -0.39 is 5.97 Å². The summed E-state index contributed by atoms with van der Waals surface area (Å²) in [5.74, 6) is -0.739. The van der Waals surface area contributed by atoms with Gasteiger partial charge >= 0.3 is 5.97 Å². The van der Waals surface area contributed by atoms with Gasteiger partial charge in [0.15, 0.2) is 0 Å². The SMILES string of the molecule is O=C(O)CCc1cncn1C1CCCCC1. The van der Waals surface area contributed by atoms with Crippen LogP contribution in [0.25, 0.3) is 0 Å². The van der Waals surface area contributed by atoms with Crippen LogP contribution in [-0.2, 0) is 11.2 Å². The molecule has 16 heavy (non-hydrogen) atoms. The monoisotopic (exact) mass is 222 g/mol. The summed E-state index contributed by atoms with van der Waals surface area (Å²) in [6.07, 6.45) is 10.7. The Balaban J connectivity index is 2.02. The minimum atomic E-state index is -0.739. The van der Waals surface area contributed by atoms with Crippen LogP contribution in [-0.4, -0.2) is 20.6 Å². The zero-order valence-corrected chi connectivity index (χ0v) is 9.43. The third-order valence-electron chi connectivity index (χ3n) is 3.31. The number of carboxylic acids is 1. The van der Waals surface area contributed by atoms with Crippen LogP contribution in [0.4, 0.5) is 0 Å². The van der Waals surface area contributed by atoms with Crippen molar-refractivity contribution in [1.82, 2.24) is 9.55 Å². The standard InChI is InChI=1S/C12H18N2O2/c15-12(16)7-6-11-8-13-9-14(11)10-4-2-1-3-5-10/h8-10H,1-7H2,(H,15,16). The maximum Gasteiger partial charge on any atom is 0.303 e. The maximum atomic E-state index is 10.6. The molecule has 0 saturated heterocycles. The van der Waals surface area contributed by atoms with E-state index in [9.17, 15) is 4.79 Å². The van der Waals surface area contributed by atoms with E-state index in [0.29, 0.717) is 12.5 Å². The number of imidazole rings is 1. The highest BCUT2D eigenvalue weighted by Gasteiger charge is 2.17. The fourth-order valence-electron chi connectivity index (χ4n) is 2.45. The van der Waals surface area contributed by atoms with E-state index in [4.69, 9.17) is 5.11 Å². The van der Waals surface area contributed by atoms with Crippen LogP contribution in [0.3, 0.4) is 0 Å². The third-order valence-corrected chi connectivity index (χ3v) is 3.31. The molecular formula is C12H18N2O2. The molecule has 0 aliphatic heterocycles. The zero-order valence-electron chi connectivity index (χ0n) is 9.43. The van der Waals surface area contributed by atoms with Gasteiger partial charge in [-0.15, -0.1) is 0 Å². The number of hydrogen-bond acceptors (Lipinski definition) is 2. The van der Waals surface area contributed by atoms with Gasteiger partial charge in [-0.2, -0.15) is 0 Å². The summed E-state index contributed by atoms with van der Waals surface area (Å²) in [5.41, 5.74) is 1.06. The van der Waals surface area contributed by atoms with Crippen molar-refractivity contribution in [2.45, 2.75) is 51.0 Å². The normalized spacial score (nSPS) is 17.5. The summed E-state index contributed by atoms with van der Waals surface area (Å²) < 4.78 is 2.18. The Labute approximate surface area is 95.3 Å². The summed E-state index contributed by atoms with van der Waals surface area (Å²) in [6, 6.07) is 0.542. The van der Waals surface area contributed by atoms with Crippen molar-refractivity contribution in [3.63, 3.8) is 0 Å². The fraction of sp³-hybridized carbons (Fsp3) is 0.667. The van der Waals surface area contributed by atoms with Crippen molar-refractivity contribution < 1.29 is 9.90 Å². The van der Waals surface area contributed by atoms with Gasteiger partial charge in [-0.25, -0.2) is 4.98 Å². The Hall–Kier alpha value is -1.32. The molecule has 0 radical (unpaired) electrons. The second kappa shape index (κ2) is 5.14. The summed E-state index contributed by atoms with van der Waals surface area (Å²) in [4.78, 5) is 14.7. The lowest BCUT2D eigenvalue weighted by Crippen LogP contribution is -2.15. The molecule has 1 aliphatic rings. The van der Waals surface area contributed by atoms with Gasteiger partial charge in [-0.1, -0.05) is 19.3 Å². The van der Waals surface area contributed by atoms with Crippen LogP contribution < -0.4 is 0 Å². The lowest BCUT2D eigenvalue weighted by Gasteiger charge is -2.24. The Kier molecular flexibility index (Phi) is 3.59. The first kappa shape index (κ1) is 11.2. The van der Waals surface area contributed by atoms with Crippen molar-refractivity contribution in [1.29, 1.82) is 0 Å². The van der Waals surface area contributed by atoms with Crippen molar-refractivity contribution in [3.8, 4) is 0 Å². The van der Waals surface area contributed by atoms with Crippen molar-refractivity contribution >= 4 is 5.97 Å². The average Bonchev–Trinajstić information content (AvgIpc) is 2.75. The molecule has 1 saturated carbocycles. The fourth-order valence-corrected chi connectivity index (χ4v) is 2.45. The molecule has 0 atom stereocenters. The van der Waals surface area contributed by atoms with Gasteiger partial charge in [-0.05, 0) is 19.3 Å². The topological polar surface area (TPSA) is 55.1 Å². The molecule has 0 bridgehead atoms. The predicted octanol–water partition coefficient (Wildman–Crippen LogP) is 2.41. The largest absolute Gasteiger partial charge is 0.481 e. The number of hydrogen-bond donors (Lipinski definition) is 1. The Morgan fingerprint density at radius 3 is 2.88 bits per heavy atom. The van der Waals surface area contributed by atoms with Crippen molar-refractivity contribution in [3.05, 3.63) is 18.2 Å². The number of carboxylic acid groups (broad SMARTS) is 1. The van der Waals surface area contributed by atoms with Gasteiger partial charge in [0.2, 0.25) is 0 Å². The highest BCUT2D eigenvalue weighted by atomic mass is 16.4. The summed E-state index contributed by atoms with van der Waals surface area (Å²) in [6.45, 7) is 0. The molecule has 1 N–H and O–H groups in total. The molecular weight excluding hydrogens is 204 g/mol. The first-order chi connectivity index (χ1) is 7.77. The quantitative estimate of drug-likeness (QED) is 0.851. The molecule has 0 spiro atoms. The Bertz CT molecular complexity index is 354. The number of aryl methyl sites for hydroxylation is 1. The van der Waals surface area contributed by atoms with Gasteiger partial charge in [0.1, 0.15) is 0 Å². The minimum Gasteiger partial charge on any atom is -0.481 e. The van der Waals surface area contributed by atoms with E-state index >= 15 is 0 Å². The molecule has 1 aromatic heterocycles. The average molecular weight is 222 g/mol. The summed E-state index contributed by atoms with van der Waals surface area (Å²) in [5, 5.41) is 8.68. The van der Waals surface area contributed by atoms with Gasteiger partial charge < -0.3 is 9.67 Å². The first-order valence-electron chi connectivity index (χ1n) is 6.00. The molecule has 1 aliphatic carbocycles. The Morgan fingerprint density at radius 2 is 2.19 bits per heavy atom. The van der Waals surface area contributed by atoms with E-state index in [2.05, 4.69) is 9.55 Å². The number of rotatable bonds is 4. The minimum absolute atomic E-state index is 0.193. The second-order valence-corrected chi connectivity index (χ2v) is 4.48. The van der Waals surface area contributed by atoms with Crippen LogP contribution >= 0.6 is 0 Å². The van der Waals surface area contributed by atoms with Crippen LogP contribution in [0.1, 0.15) is 50.3 Å². The number of aliphatic carboxylic acids is 1. The van der Waals surface area contributed by atoms with Gasteiger partial charge in [0.05, 0.1) is 12.7 Å². The predicted molar refractivity (Wildman–Crippen MR) is 60.3 cm³/mol. The van der Waals surface area contributed by atoms with Gasteiger partial charge in [0.25, 0.3) is 0 Å². The smallest absolute Gasteiger partial charge is 0.303 e. The summed E-state index contributed by atoms with van der Waals surface area (Å²) >= 11 is 0. The van der Waals surface area contributed by atoms with Crippen LogP contribution in [0.5, 0.6) is 0 Å². The molecule has 2 rings (SSSR count). The molecule has 4 nitrogen and oxygen atoms in total. The van der Waals surface area contributed by atoms with Crippen molar-refractivity contribution in [2.24, 2.45) is 0 Å². The van der Waals surface area contributed by atoms with Crippen LogP contribution in [0.15, 0.2) is 12.5 Å². The maximum absolute atomic E-state index is 10.6. The molecule has 1 aromatic rings. The van der Waals surface area contributed by atoms with Crippen molar-refractivity contribution in [2.75, 3.05) is 0 Å². The molecule has 0 amide bonds. The lowest BCUT2D eigenvalue weighted by atomic mass is 9.95. The van der Waals surface area contributed by atoms with E-state index in [1.165, 1.54) is 32.1 Å². The van der Waals surface area contributed by atoms with Gasteiger partial charge in [0, 0.05) is 17.9 Å². The molecule has 4 heteroatoms. The number of carbonyl (C=O) groups is 1. The first-order valence-corrected chi connectivity index (χ1v) is 6.00. The zero-order chi connectivity index (χ0) is 11.4. The highest BCUT2D eigenvalue weighted by molar-refractivity contribution is 5.66. The molecule has 0 aromatic carbocycles.